The molecule has 7 amide bonds. The number of nitrogens with one attached hydrogen (secondary N) is 7. The standard InChI is InChI=1S/C77H93Cl2N9O26S/c1-32(2)20-46(82-9)71(100)88-62-63(95)40-16-19-52(45(79)25-40)111-54-13-11-12-53(66(54)114-76-67(113-58-30-77(8,81)69(98)37(7)109-58)65(97)64(96)55(112-76)31-108-115(106,107)68-34(4)21-33(3)22-35(68)5)110-51-18-15-38(24-44(51)78)49(91)29-57(94)86-61(75(104)105)43-26-41(89)27-50(92)59(43)42-23-39(14-17-48(42)90)60(73(102)83-10)87-70(99)36(6)84-72(101)47(28-56(80)93)85-74(62)103/h11-19,21-27,32,36-37,46-47,49,55,58,60-65,67,69,76,82,89-92,95-98H,20,28-31,81H2,1-10H3,(H2,80,93)(H,83,102)(H,84,101)(H,85,103)(H,86,94)(H,87,99)(H,88,100)(H,104,105)/t36-,37?,46-,47+,49+,55?,58?,60?,61+,62-,63-,64?,65?,67?,69?,76?,77?/m1/s1. The van der Waals surface area contributed by atoms with Crippen LogP contribution < -0.4 is 62.9 Å². The first-order chi connectivity index (χ1) is 54.0. The maximum atomic E-state index is 14.9. The maximum Gasteiger partial charge on any atom is 0.330 e. The number of aromatic hydroxyl groups is 3. The van der Waals surface area contributed by atoms with Gasteiger partial charge in [-0.15, -0.1) is 0 Å². The monoisotopic (exact) mass is 1660 g/mol. The molecule has 6 aromatic carbocycles. The lowest BCUT2D eigenvalue weighted by Crippen LogP contribution is -2.64. The first kappa shape index (κ1) is 88.9. The number of benzene rings is 6. The molecule has 0 saturated carbocycles. The first-order valence-corrected chi connectivity index (χ1v) is 38.3. The van der Waals surface area contributed by atoms with Crippen LogP contribution >= 0.6 is 23.2 Å². The van der Waals surface area contributed by atoms with E-state index in [-0.39, 0.29) is 73.4 Å². The normalized spacial score (nSPS) is 26.2. The topological polar surface area (TPSA) is 554 Å². The molecule has 5 heterocycles. The SMILES string of the molecule is CNC(=O)C1NC(=O)[C@@H](C)NC(=O)[C@H](CC(N)=O)NC(=O)[C@H](NC(=O)[C@@H](CC(C)C)NC)[C@H](O)c2ccc(c(Cl)c2)Oc2cccc(c2OC2OC(COS(=O)(=O)c3c(C)cc(C)cc3C)C(O)C(O)C2OC2CC(C)(N)C(O)C(C)O2)Oc2ccc(cc2Cl)[C@@H](O)CC(=O)N[C@H](C(=O)O)c2cc(O)cc(O)c2-c2cc1ccc2O. The summed E-state index contributed by atoms with van der Waals surface area (Å²) in [7, 11) is -2.01. The Morgan fingerprint density at radius 1 is 0.730 bits per heavy atom. The second kappa shape index (κ2) is 37.3. The van der Waals surface area contributed by atoms with Crippen LogP contribution in [0.2, 0.25) is 10.0 Å². The number of halogens is 2. The van der Waals surface area contributed by atoms with Gasteiger partial charge < -0.3 is 123 Å². The minimum absolute atomic E-state index is 0.0818. The molecule has 622 valence electrons. The van der Waals surface area contributed by atoms with Gasteiger partial charge in [0.2, 0.25) is 53.4 Å². The summed E-state index contributed by atoms with van der Waals surface area (Å²) >= 11 is 14.0. The number of amides is 7. The summed E-state index contributed by atoms with van der Waals surface area (Å²) in [6, 6.07) is 8.51. The number of phenols is 3. The molecule has 0 spiro atoms. The van der Waals surface area contributed by atoms with Crippen LogP contribution in [0.5, 0.6) is 46.0 Å². The molecule has 115 heavy (non-hydrogen) atoms. The predicted octanol–water partition coefficient (Wildman–Crippen LogP) is 3.42. The fraction of sp³-hybridized carbons (Fsp3) is 0.429. The number of aryl methyl sites for hydroxylation is 3. The summed E-state index contributed by atoms with van der Waals surface area (Å²) in [4.78, 5) is 111. The highest BCUT2D eigenvalue weighted by atomic mass is 35.5. The number of primary amides is 1. The molecule has 5 aliphatic heterocycles. The summed E-state index contributed by atoms with van der Waals surface area (Å²) < 4.78 is 72.2. The van der Waals surface area contributed by atoms with Gasteiger partial charge in [0.25, 0.3) is 10.1 Å². The van der Waals surface area contributed by atoms with Gasteiger partial charge in [-0.1, -0.05) is 79.0 Å². The molecule has 2 fully saturated rings. The van der Waals surface area contributed by atoms with Crippen LogP contribution in [0.1, 0.15) is 124 Å². The number of hydrogen-bond acceptors (Lipinski definition) is 27. The minimum Gasteiger partial charge on any atom is -0.508 e. The van der Waals surface area contributed by atoms with Gasteiger partial charge in [0, 0.05) is 41.8 Å². The van der Waals surface area contributed by atoms with Crippen molar-refractivity contribution in [3.63, 3.8) is 0 Å². The Bertz CT molecular complexity index is 4770. The van der Waals surface area contributed by atoms with Crippen molar-refractivity contribution in [3.05, 3.63) is 146 Å². The molecule has 38 heteroatoms. The summed E-state index contributed by atoms with van der Waals surface area (Å²) in [5, 5.41) is 120. The van der Waals surface area contributed by atoms with Crippen LogP contribution in [0.4, 0.5) is 0 Å². The van der Waals surface area contributed by atoms with Gasteiger partial charge in [-0.3, -0.25) is 37.7 Å². The molecule has 0 radical (unpaired) electrons. The zero-order chi connectivity index (χ0) is 84.7. The highest BCUT2D eigenvalue weighted by Crippen LogP contribution is 2.48. The van der Waals surface area contributed by atoms with Crippen LogP contribution in [0.25, 0.3) is 11.1 Å². The minimum atomic E-state index is -4.66. The van der Waals surface area contributed by atoms with Gasteiger partial charge in [0.05, 0.1) is 58.7 Å². The maximum absolute atomic E-state index is 14.9. The average molecular weight is 1660 g/mol. The van der Waals surface area contributed by atoms with Gasteiger partial charge >= 0.3 is 5.97 Å². The van der Waals surface area contributed by atoms with E-state index in [4.69, 9.17) is 67.3 Å². The molecule has 8 bridgehead atoms. The van der Waals surface area contributed by atoms with Crippen LogP contribution in [0.3, 0.4) is 0 Å². The van der Waals surface area contributed by atoms with Gasteiger partial charge in [-0.05, 0) is 143 Å². The zero-order valence-corrected chi connectivity index (χ0v) is 66.2. The van der Waals surface area contributed by atoms with Crippen molar-refractivity contribution in [1.82, 2.24) is 37.2 Å². The van der Waals surface area contributed by atoms with Crippen LogP contribution in [0, 0.1) is 26.7 Å². The first-order valence-electron chi connectivity index (χ1n) is 36.2. The Hall–Kier alpha value is -10.0. The molecule has 10 unspecified atom stereocenters. The van der Waals surface area contributed by atoms with Gasteiger partial charge in [0.15, 0.2) is 29.9 Å². The number of ether oxygens (including phenoxy) is 6. The molecule has 0 aliphatic carbocycles. The number of aliphatic hydroxyl groups is 5. The zero-order valence-electron chi connectivity index (χ0n) is 63.9. The van der Waals surface area contributed by atoms with E-state index in [2.05, 4.69) is 37.2 Å². The Morgan fingerprint density at radius 2 is 1.35 bits per heavy atom. The van der Waals surface area contributed by atoms with Crippen molar-refractivity contribution in [3.8, 4) is 57.1 Å². The number of likely N-dealkylation sites (N-methyl/N-ethyl adjacent to an activating group) is 2. The highest BCUT2D eigenvalue weighted by molar-refractivity contribution is 7.86. The fourth-order valence-corrected chi connectivity index (χ4v) is 15.4. The van der Waals surface area contributed by atoms with Crippen molar-refractivity contribution >= 4 is 80.6 Å². The summed E-state index contributed by atoms with van der Waals surface area (Å²) in [5.41, 5.74) is 10.2. The van der Waals surface area contributed by atoms with Gasteiger partial charge in [-0.25, -0.2) is 4.79 Å². The van der Waals surface area contributed by atoms with Crippen LogP contribution in [-0.4, -0.2) is 201 Å². The molecular weight excluding hydrogens is 1570 g/mol. The van der Waals surface area contributed by atoms with E-state index in [9.17, 15) is 92.7 Å². The van der Waals surface area contributed by atoms with E-state index in [1.54, 1.807) is 32.9 Å². The second-order valence-corrected chi connectivity index (χ2v) is 31.4. The van der Waals surface area contributed by atoms with E-state index in [0.717, 1.165) is 48.9 Å². The third-order valence-corrected chi connectivity index (χ3v) is 21.6. The molecule has 5 aliphatic rings. The molecule has 11 rings (SSSR count). The molecule has 2 saturated heterocycles. The number of fused-ring (bicyclic) bond motifs is 2. The van der Waals surface area contributed by atoms with Crippen LogP contribution in [0.15, 0.2) is 102 Å². The number of aliphatic carboxylic acids is 1. The lowest BCUT2D eigenvalue weighted by molar-refractivity contribution is -0.333. The number of carboxylic acids is 1. The lowest BCUT2D eigenvalue weighted by Gasteiger charge is -2.47. The number of carbonyl (C=O) groups excluding carboxylic acids is 7. The summed E-state index contributed by atoms with van der Waals surface area (Å²) in [6.07, 6.45) is -19.3. The lowest BCUT2D eigenvalue weighted by atomic mass is 9.86. The number of rotatable bonds is 17. The summed E-state index contributed by atoms with van der Waals surface area (Å²) in [5.74, 6) is -13.7. The van der Waals surface area contributed by atoms with Crippen molar-refractivity contribution < 1.29 is 125 Å². The Balaban J connectivity index is 1.18. The number of aliphatic hydroxyl groups excluding tert-OH is 5. The average Bonchev–Trinajstić information content (AvgIpc) is 0.782. The largest absolute Gasteiger partial charge is 0.508 e. The molecule has 6 aromatic rings. The van der Waals surface area contributed by atoms with Crippen LogP contribution in [-0.2, 0) is 66.9 Å². The highest BCUT2D eigenvalue weighted by Gasteiger charge is 2.52. The number of hydrogen-bond donors (Lipinski definition) is 18. The van der Waals surface area contributed by atoms with Crippen molar-refractivity contribution in [1.29, 1.82) is 0 Å². The van der Waals surface area contributed by atoms with E-state index in [1.807, 2.05) is 13.8 Å². The van der Waals surface area contributed by atoms with Gasteiger partial charge in [-0.2, -0.15) is 8.42 Å². The number of nitrogens with two attached hydrogens (primary N) is 2. The van der Waals surface area contributed by atoms with E-state index in [0.29, 0.717) is 11.1 Å². The third kappa shape index (κ3) is 21.2. The summed E-state index contributed by atoms with van der Waals surface area (Å²) in [6.45, 7) is 11.7. The Kier molecular flexibility index (Phi) is 28.8. The molecule has 17 atom stereocenters. The molecule has 20 N–H and O–H groups in total. The van der Waals surface area contributed by atoms with E-state index < -0.39 is 220 Å². The number of para-hydroxylation sites is 1. The third-order valence-electron chi connectivity index (χ3n) is 19.4. The second-order valence-electron chi connectivity index (χ2n) is 29.0. The number of phenolic OH excluding ortho intramolecular Hbond substituents is 3. The Morgan fingerprint density at radius 3 is 1.93 bits per heavy atom. The quantitative estimate of drug-likeness (QED) is 0.0582. The van der Waals surface area contributed by atoms with E-state index >= 15 is 0 Å². The van der Waals surface area contributed by atoms with E-state index in [1.165, 1.54) is 76.5 Å². The smallest absolute Gasteiger partial charge is 0.330 e. The number of carbonyl (C=O) groups is 8. The fourth-order valence-electron chi connectivity index (χ4n) is 13.6. The van der Waals surface area contributed by atoms with Crippen molar-refractivity contribution in [2.45, 2.75) is 189 Å². The van der Waals surface area contributed by atoms with Gasteiger partial charge in [0.1, 0.15) is 77.3 Å². The van der Waals surface area contributed by atoms with Crippen molar-refractivity contribution in [2.24, 2.45) is 17.4 Å². The predicted molar refractivity (Wildman–Crippen MR) is 409 cm³/mol. The molecule has 35 nitrogen and oxygen atoms in total. The Labute approximate surface area is 670 Å². The molecule has 0 aromatic heterocycles. The number of carboxylic acid groups (broad SMARTS) is 1. The van der Waals surface area contributed by atoms with Crippen molar-refractivity contribution in [2.75, 3.05) is 20.7 Å². The molecular formula is C77H93Cl2N9O26S.